The van der Waals surface area contributed by atoms with Gasteiger partial charge in [0.2, 0.25) is 5.91 Å². The molecule has 0 unspecified atom stereocenters. The van der Waals surface area contributed by atoms with E-state index in [0.29, 0.717) is 0 Å². The third kappa shape index (κ3) is 23.6. The minimum absolute atomic E-state index is 0.0557. The van der Waals surface area contributed by atoms with Crippen molar-refractivity contribution >= 4 is 5.91 Å². The molecule has 0 spiro atoms. The minimum atomic E-state index is -0.145. The minimum Gasteiger partial charge on any atom is -0.369 e. The fourth-order valence-electron chi connectivity index (χ4n) is 4.20. The zero-order valence-corrected chi connectivity index (χ0v) is 20.3. The van der Waals surface area contributed by atoms with Crippen LogP contribution in [0.2, 0.25) is 0 Å². The maximum atomic E-state index is 11.0. The van der Waals surface area contributed by atoms with Gasteiger partial charge in [0, 0.05) is 5.92 Å². The number of carbonyl (C=O) groups is 1. The van der Waals surface area contributed by atoms with Gasteiger partial charge in [0.25, 0.3) is 0 Å². The standard InChI is InChI=1S/C27H55NO/c1-3-4-5-6-7-8-9-10-11-12-13-14-15-16-17-18-19-20-21-22-23-24-25-26(2)27(28)29/h26H,3-25H2,1-2H3,(H2,28,29)/t26-/m0/s1. The molecule has 1 amide bonds. The van der Waals surface area contributed by atoms with Crippen molar-refractivity contribution in [2.75, 3.05) is 0 Å². The quantitative estimate of drug-likeness (QED) is 0.159. The van der Waals surface area contributed by atoms with E-state index in [1.807, 2.05) is 6.92 Å². The number of hydrogen-bond donors (Lipinski definition) is 1. The van der Waals surface area contributed by atoms with E-state index in [1.54, 1.807) is 0 Å². The fourth-order valence-corrected chi connectivity index (χ4v) is 4.20. The highest BCUT2D eigenvalue weighted by Gasteiger charge is 2.07. The van der Waals surface area contributed by atoms with Crippen LogP contribution in [0.5, 0.6) is 0 Å². The second kappa shape index (κ2) is 23.7. The molecule has 0 aliphatic heterocycles. The molecule has 2 heteroatoms. The van der Waals surface area contributed by atoms with Gasteiger partial charge < -0.3 is 5.73 Å². The molecule has 174 valence electrons. The summed E-state index contributed by atoms with van der Waals surface area (Å²) in [6, 6.07) is 0. The van der Waals surface area contributed by atoms with Gasteiger partial charge in [-0.1, -0.05) is 155 Å². The van der Waals surface area contributed by atoms with Crippen LogP contribution in [0.4, 0.5) is 0 Å². The van der Waals surface area contributed by atoms with Crippen molar-refractivity contribution in [2.45, 2.75) is 162 Å². The van der Waals surface area contributed by atoms with Crippen molar-refractivity contribution in [3.8, 4) is 0 Å². The van der Waals surface area contributed by atoms with E-state index in [1.165, 1.54) is 135 Å². The summed E-state index contributed by atoms with van der Waals surface area (Å²) in [4.78, 5) is 11.0. The fraction of sp³-hybridized carbons (Fsp3) is 0.963. The first-order chi connectivity index (χ1) is 14.2. The number of unbranched alkanes of at least 4 members (excludes halogenated alkanes) is 21. The average Bonchev–Trinajstić information content (AvgIpc) is 2.71. The molecule has 1 atom stereocenters. The molecule has 0 aromatic heterocycles. The summed E-state index contributed by atoms with van der Waals surface area (Å²) in [6.45, 7) is 4.24. The molecule has 0 saturated carbocycles. The number of rotatable bonds is 24. The van der Waals surface area contributed by atoms with Crippen molar-refractivity contribution in [3.05, 3.63) is 0 Å². The summed E-state index contributed by atoms with van der Waals surface area (Å²) >= 11 is 0. The van der Waals surface area contributed by atoms with E-state index in [0.717, 1.165) is 12.8 Å². The third-order valence-corrected chi connectivity index (χ3v) is 6.48. The maximum absolute atomic E-state index is 11.0. The second-order valence-corrected chi connectivity index (χ2v) is 9.52. The van der Waals surface area contributed by atoms with Crippen molar-refractivity contribution < 1.29 is 4.79 Å². The average molecular weight is 410 g/mol. The van der Waals surface area contributed by atoms with E-state index in [9.17, 15) is 4.79 Å². The predicted molar refractivity (Wildman–Crippen MR) is 130 cm³/mol. The molecular weight excluding hydrogens is 354 g/mol. The first-order valence-corrected chi connectivity index (χ1v) is 13.5. The second-order valence-electron chi connectivity index (χ2n) is 9.52. The highest BCUT2D eigenvalue weighted by Crippen LogP contribution is 2.16. The van der Waals surface area contributed by atoms with Crippen LogP contribution in [0, 0.1) is 5.92 Å². The van der Waals surface area contributed by atoms with E-state index < -0.39 is 0 Å². The molecule has 0 rings (SSSR count). The Balaban J connectivity index is 3.04. The van der Waals surface area contributed by atoms with E-state index in [-0.39, 0.29) is 11.8 Å². The van der Waals surface area contributed by atoms with E-state index >= 15 is 0 Å². The summed E-state index contributed by atoms with van der Waals surface area (Å²) in [6.07, 6.45) is 32.1. The van der Waals surface area contributed by atoms with Crippen molar-refractivity contribution in [1.29, 1.82) is 0 Å². The van der Waals surface area contributed by atoms with Crippen molar-refractivity contribution in [3.63, 3.8) is 0 Å². The highest BCUT2D eigenvalue weighted by atomic mass is 16.1. The van der Waals surface area contributed by atoms with Gasteiger partial charge >= 0.3 is 0 Å². The molecule has 0 aliphatic carbocycles. The van der Waals surface area contributed by atoms with Crippen LogP contribution in [0.1, 0.15) is 162 Å². The van der Waals surface area contributed by atoms with Crippen LogP contribution < -0.4 is 5.73 Å². The van der Waals surface area contributed by atoms with E-state index in [4.69, 9.17) is 5.73 Å². The Morgan fingerprint density at radius 2 is 0.759 bits per heavy atom. The normalized spacial score (nSPS) is 12.3. The summed E-state index contributed by atoms with van der Waals surface area (Å²) in [5.41, 5.74) is 5.29. The number of primary amides is 1. The van der Waals surface area contributed by atoms with Crippen LogP contribution in [0.25, 0.3) is 0 Å². The lowest BCUT2D eigenvalue weighted by molar-refractivity contribution is -0.121. The zero-order chi connectivity index (χ0) is 21.4. The molecule has 0 aliphatic rings. The van der Waals surface area contributed by atoms with Gasteiger partial charge in [-0.05, 0) is 6.42 Å². The molecule has 29 heavy (non-hydrogen) atoms. The predicted octanol–water partition coefficient (Wildman–Crippen LogP) is 9.10. The molecule has 0 bridgehead atoms. The Morgan fingerprint density at radius 1 is 0.517 bits per heavy atom. The summed E-state index contributed by atoms with van der Waals surface area (Å²) in [5, 5.41) is 0. The largest absolute Gasteiger partial charge is 0.369 e. The Morgan fingerprint density at radius 3 is 1.00 bits per heavy atom. The Labute approximate surface area is 184 Å². The van der Waals surface area contributed by atoms with Crippen LogP contribution in [-0.4, -0.2) is 5.91 Å². The van der Waals surface area contributed by atoms with Gasteiger partial charge in [-0.2, -0.15) is 0 Å². The van der Waals surface area contributed by atoms with Gasteiger partial charge in [-0.15, -0.1) is 0 Å². The van der Waals surface area contributed by atoms with Gasteiger partial charge in [0.1, 0.15) is 0 Å². The Kier molecular flexibility index (Phi) is 23.3. The summed E-state index contributed by atoms with van der Waals surface area (Å²) in [5.74, 6) is -0.0893. The van der Waals surface area contributed by atoms with E-state index in [2.05, 4.69) is 6.92 Å². The summed E-state index contributed by atoms with van der Waals surface area (Å²) < 4.78 is 0. The van der Waals surface area contributed by atoms with Crippen molar-refractivity contribution in [2.24, 2.45) is 11.7 Å². The lowest BCUT2D eigenvalue weighted by Gasteiger charge is -2.06. The van der Waals surface area contributed by atoms with Crippen LogP contribution >= 0.6 is 0 Å². The number of amides is 1. The Bertz CT molecular complexity index is 328. The Hall–Kier alpha value is -0.530. The molecule has 0 aromatic carbocycles. The molecule has 0 fully saturated rings. The van der Waals surface area contributed by atoms with Crippen LogP contribution in [0.3, 0.4) is 0 Å². The first-order valence-electron chi connectivity index (χ1n) is 13.5. The topological polar surface area (TPSA) is 43.1 Å². The molecule has 0 heterocycles. The summed E-state index contributed by atoms with van der Waals surface area (Å²) in [7, 11) is 0. The lowest BCUT2D eigenvalue weighted by atomic mass is 10.0. The van der Waals surface area contributed by atoms with Crippen LogP contribution in [-0.2, 0) is 4.79 Å². The molecule has 0 aromatic rings. The number of hydrogen-bond acceptors (Lipinski definition) is 1. The van der Waals surface area contributed by atoms with Crippen LogP contribution in [0.15, 0.2) is 0 Å². The van der Waals surface area contributed by atoms with Gasteiger partial charge in [0.15, 0.2) is 0 Å². The highest BCUT2D eigenvalue weighted by molar-refractivity contribution is 5.76. The molecule has 2 nitrogen and oxygen atoms in total. The molecular formula is C27H55NO. The number of carbonyl (C=O) groups excluding carboxylic acids is 1. The van der Waals surface area contributed by atoms with Gasteiger partial charge in [-0.25, -0.2) is 0 Å². The maximum Gasteiger partial charge on any atom is 0.220 e. The molecule has 0 saturated heterocycles. The SMILES string of the molecule is CCCCCCCCCCCCCCCCCCCCCCCC[C@H](C)C(N)=O. The first kappa shape index (κ1) is 28.5. The lowest BCUT2D eigenvalue weighted by Crippen LogP contribution is -2.20. The monoisotopic (exact) mass is 409 g/mol. The van der Waals surface area contributed by atoms with Gasteiger partial charge in [0.05, 0.1) is 0 Å². The zero-order valence-electron chi connectivity index (χ0n) is 20.3. The van der Waals surface area contributed by atoms with Gasteiger partial charge in [-0.3, -0.25) is 4.79 Å². The smallest absolute Gasteiger partial charge is 0.220 e. The van der Waals surface area contributed by atoms with Crippen molar-refractivity contribution in [1.82, 2.24) is 0 Å². The molecule has 0 radical (unpaired) electrons. The molecule has 2 N–H and O–H groups in total. The number of nitrogens with two attached hydrogens (primary N) is 1. The third-order valence-electron chi connectivity index (χ3n) is 6.48.